The Hall–Kier alpha value is -7.96. The number of hydrogen-bond acceptors (Lipinski definition) is 11. The molecule has 5 heterocycles. The van der Waals surface area contributed by atoms with Crippen LogP contribution >= 0.6 is 0 Å². The predicted molar refractivity (Wildman–Crippen MR) is 266 cm³/mol. The van der Waals surface area contributed by atoms with Gasteiger partial charge >= 0.3 is 12.0 Å². The lowest BCUT2D eigenvalue weighted by Gasteiger charge is -2.46. The molecule has 0 unspecified atom stereocenters. The molecule has 14 nitrogen and oxygen atoms in total. The van der Waals surface area contributed by atoms with Crippen LogP contribution in [0.25, 0.3) is 0 Å². The summed E-state index contributed by atoms with van der Waals surface area (Å²) in [5.41, 5.74) is 2.92. The van der Waals surface area contributed by atoms with E-state index in [0.29, 0.717) is 53.4 Å². The number of aromatic hydroxyl groups is 1. The second kappa shape index (κ2) is 19.3. The number of carbonyl (C=O) groups is 4. The molecule has 6 aromatic carbocycles. The molecule has 3 N–H and O–H groups in total. The number of imide groups is 1. The lowest BCUT2D eigenvalue weighted by molar-refractivity contribution is -0.179. The summed E-state index contributed by atoms with van der Waals surface area (Å²) in [4.78, 5) is 70.9. The Balaban J connectivity index is 1.10. The molecule has 5 aliphatic heterocycles. The first kappa shape index (κ1) is 46.4. The molecule has 3 fully saturated rings. The predicted octanol–water partition coefficient (Wildman–Crippen LogP) is 7.34. The summed E-state index contributed by atoms with van der Waals surface area (Å²) < 4.78 is 17.9. The number of hydrogen-bond donors (Lipinski definition) is 3. The van der Waals surface area contributed by atoms with E-state index in [1.165, 1.54) is 12.1 Å². The van der Waals surface area contributed by atoms with Gasteiger partial charge in [-0.1, -0.05) is 121 Å². The maximum Gasteiger partial charge on any atom is 0.329 e. The number of amides is 4. The second-order valence-corrected chi connectivity index (χ2v) is 18.9. The van der Waals surface area contributed by atoms with E-state index in [0.717, 1.165) is 21.6 Å². The van der Waals surface area contributed by atoms with Crippen molar-refractivity contribution < 1.29 is 43.6 Å². The Morgan fingerprint density at radius 1 is 0.764 bits per heavy atom. The van der Waals surface area contributed by atoms with Gasteiger partial charge in [-0.05, 0) is 82.8 Å². The summed E-state index contributed by atoms with van der Waals surface area (Å²) in [7, 11) is 0. The Bertz CT molecular complexity index is 3080. The summed E-state index contributed by atoms with van der Waals surface area (Å²) in [6.07, 6.45) is -0.716. The number of nitrogens with zero attached hydrogens (tertiary/aromatic N) is 4. The van der Waals surface area contributed by atoms with Crippen molar-refractivity contribution in [1.82, 2.24) is 20.0 Å². The molecule has 0 aliphatic carbocycles. The number of aliphatic hydroxyl groups excluding tert-OH is 1. The van der Waals surface area contributed by atoms with Gasteiger partial charge in [0, 0.05) is 44.7 Å². The number of nitrogens with one attached hydrogen (secondary N) is 1. The Morgan fingerprint density at radius 2 is 1.44 bits per heavy atom. The van der Waals surface area contributed by atoms with Gasteiger partial charge in [0.2, 0.25) is 18.6 Å². The van der Waals surface area contributed by atoms with Crippen LogP contribution in [-0.2, 0) is 31.1 Å². The summed E-state index contributed by atoms with van der Waals surface area (Å²) in [5, 5.41) is 23.6. The number of rotatable bonds is 9. The minimum Gasteiger partial charge on any atom is -0.508 e. The van der Waals surface area contributed by atoms with Gasteiger partial charge in [0.25, 0.3) is 0 Å². The van der Waals surface area contributed by atoms with Gasteiger partial charge in [0.1, 0.15) is 23.3 Å². The summed E-state index contributed by atoms with van der Waals surface area (Å²) in [6, 6.07) is 41.5. The van der Waals surface area contributed by atoms with E-state index in [2.05, 4.69) is 22.1 Å². The number of carbonyl (C=O) groups excluding carboxylic acids is 4. The smallest absolute Gasteiger partial charge is 0.329 e. The molecule has 0 saturated carbocycles. The molecule has 3 saturated heterocycles. The number of anilines is 1. The lowest BCUT2D eigenvalue weighted by Crippen LogP contribution is -2.59. The van der Waals surface area contributed by atoms with Gasteiger partial charge in [-0.2, -0.15) is 0 Å². The van der Waals surface area contributed by atoms with Crippen molar-refractivity contribution in [2.24, 2.45) is 5.92 Å². The molecule has 364 valence electrons. The van der Waals surface area contributed by atoms with Crippen LogP contribution in [-0.4, -0.2) is 94.3 Å². The average molecular weight is 964 g/mol. The van der Waals surface area contributed by atoms with Crippen LogP contribution in [0.4, 0.5) is 10.5 Å². The molecule has 6 aromatic rings. The fraction of sp³-hybridized carbons (Fsp3) is 0.276. The normalized spacial score (nSPS) is 23.7. The third-order valence-corrected chi connectivity index (χ3v) is 14.8. The number of phenolic OH excluding ortho intramolecular Hbond substituents is 1. The molecule has 5 aliphatic rings. The van der Waals surface area contributed by atoms with Crippen LogP contribution in [0.2, 0.25) is 0 Å². The van der Waals surface area contributed by atoms with Crippen molar-refractivity contribution >= 4 is 29.5 Å². The SMILES string of the molecule is C[C@@H](NC(=O)N1C(=O)[C@@]2(c3cc(C#CCCO)ccc31)[C@H](C(=O)N1CCN(Cc3ccc4c(c3)OCO4)CC1)[C@H]1C(=O)O[C@H](c3ccccc3)[C@H](c3ccccc3)N1[C@@H]2c1ccc(O)cc1)c1ccccc1. The number of esters is 1. The number of morpholine rings is 1. The van der Waals surface area contributed by atoms with E-state index in [4.69, 9.17) is 14.2 Å². The average Bonchev–Trinajstić information content (AvgIpc) is 4.08. The lowest BCUT2D eigenvalue weighted by atomic mass is 9.64. The van der Waals surface area contributed by atoms with Crippen molar-refractivity contribution in [3.8, 4) is 29.1 Å². The number of urea groups is 1. The molecular weight excluding hydrogens is 911 g/mol. The number of fused-ring (bicyclic) bond motifs is 4. The number of benzene rings is 6. The van der Waals surface area contributed by atoms with E-state index in [9.17, 15) is 10.2 Å². The first-order chi connectivity index (χ1) is 35.1. The molecule has 0 bridgehead atoms. The molecule has 4 amide bonds. The fourth-order valence-electron chi connectivity index (χ4n) is 11.5. The number of phenols is 1. The van der Waals surface area contributed by atoms with Crippen molar-refractivity contribution in [3.63, 3.8) is 0 Å². The quantitative estimate of drug-likeness (QED) is 0.0983. The maximum atomic E-state index is 16.7. The van der Waals surface area contributed by atoms with Gasteiger partial charge < -0.3 is 34.6 Å². The van der Waals surface area contributed by atoms with E-state index in [1.807, 2.05) is 121 Å². The van der Waals surface area contributed by atoms with Gasteiger partial charge in [-0.3, -0.25) is 24.2 Å². The van der Waals surface area contributed by atoms with Crippen LogP contribution in [0.1, 0.15) is 76.5 Å². The number of cyclic esters (lactones) is 1. The summed E-state index contributed by atoms with van der Waals surface area (Å²) in [5.74, 6) is 4.22. The van der Waals surface area contributed by atoms with Gasteiger partial charge in [-0.15, -0.1) is 0 Å². The van der Waals surface area contributed by atoms with Crippen molar-refractivity contribution in [3.05, 3.63) is 191 Å². The second-order valence-electron chi connectivity index (χ2n) is 18.9. The van der Waals surface area contributed by atoms with Gasteiger partial charge in [-0.25, -0.2) is 9.69 Å². The van der Waals surface area contributed by atoms with E-state index in [1.54, 1.807) is 35.2 Å². The minimum atomic E-state index is -1.99. The zero-order chi connectivity index (χ0) is 49.5. The molecule has 0 aromatic heterocycles. The van der Waals surface area contributed by atoms with Crippen molar-refractivity contribution in [2.45, 2.75) is 55.6 Å². The Morgan fingerprint density at radius 3 is 2.15 bits per heavy atom. The Labute approximate surface area is 417 Å². The highest BCUT2D eigenvalue weighted by molar-refractivity contribution is 6.24. The van der Waals surface area contributed by atoms with Crippen LogP contribution in [0.15, 0.2) is 152 Å². The largest absolute Gasteiger partial charge is 0.508 e. The van der Waals surface area contributed by atoms with Crippen molar-refractivity contribution in [1.29, 1.82) is 0 Å². The first-order valence-electron chi connectivity index (χ1n) is 24.4. The van der Waals surface area contributed by atoms with E-state index in [-0.39, 0.29) is 44.3 Å². The van der Waals surface area contributed by atoms with Crippen LogP contribution in [0.3, 0.4) is 0 Å². The van der Waals surface area contributed by atoms with Crippen LogP contribution < -0.4 is 19.7 Å². The monoisotopic (exact) mass is 963 g/mol. The van der Waals surface area contributed by atoms with Crippen LogP contribution in [0, 0.1) is 17.8 Å². The van der Waals surface area contributed by atoms with Crippen LogP contribution in [0.5, 0.6) is 17.2 Å². The summed E-state index contributed by atoms with van der Waals surface area (Å²) >= 11 is 0. The molecule has 14 heteroatoms. The zero-order valence-corrected chi connectivity index (χ0v) is 39.6. The van der Waals surface area contributed by atoms with Gasteiger partial charge in [0.15, 0.2) is 11.5 Å². The number of aliphatic hydroxyl groups is 1. The number of ether oxygens (including phenoxy) is 3. The molecule has 0 radical (unpaired) electrons. The Kier molecular flexibility index (Phi) is 12.5. The topological polar surface area (TPSA) is 161 Å². The molecular formula is C58H53N5O9. The molecule has 11 rings (SSSR count). The zero-order valence-electron chi connectivity index (χ0n) is 39.6. The standard InChI is InChI=1S/C58H53N5O9/c1-37(40-14-5-2-6-15-40)59-57(69)62-46-26-20-38(13-11-12-32-64)33-45(46)58(56(62)68)49(54(66)61-30-28-60(29-31-61)35-39-21-27-47-48(34-39)71-36-70-47)51-55(67)72-52(42-18-9-4-10-19-42)50(41-16-7-3-8-17-41)63(51)53(58)43-22-24-44(65)25-23-43/h2-10,14-27,33-34,37,49-53,64-65H,12,28-32,35-36H2,1H3,(H,59,69)/t37-,49+,50+,51+,52-,53-,58+/m1/s1. The van der Waals surface area contributed by atoms with Gasteiger partial charge in [0.05, 0.1) is 36.3 Å². The number of piperazine rings is 1. The molecule has 72 heavy (non-hydrogen) atoms. The minimum absolute atomic E-state index is 0.0242. The summed E-state index contributed by atoms with van der Waals surface area (Å²) in [6.45, 7) is 3.97. The highest BCUT2D eigenvalue weighted by Gasteiger charge is 2.76. The van der Waals surface area contributed by atoms with E-state index < -0.39 is 65.4 Å². The van der Waals surface area contributed by atoms with Crippen molar-refractivity contribution in [2.75, 3.05) is 44.5 Å². The molecule has 1 spiro atoms. The third kappa shape index (κ3) is 8.09. The first-order valence-corrected chi connectivity index (χ1v) is 24.4. The molecule has 7 atom stereocenters. The highest BCUT2D eigenvalue weighted by Crippen LogP contribution is 2.66. The fourth-order valence-corrected chi connectivity index (χ4v) is 11.5. The highest BCUT2D eigenvalue weighted by atomic mass is 16.7. The van der Waals surface area contributed by atoms with E-state index >= 15 is 19.2 Å². The third-order valence-electron chi connectivity index (χ3n) is 14.8. The maximum absolute atomic E-state index is 16.7.